The smallest absolute Gasteiger partial charge is 0.252 e. The van der Waals surface area contributed by atoms with Gasteiger partial charge in [0.05, 0.1) is 6.54 Å². The fraction of sp³-hybridized carbons (Fsp3) is 0.500. The number of amides is 2. The number of aromatic nitrogens is 2. The molecule has 0 aliphatic heterocycles. The van der Waals surface area contributed by atoms with Crippen molar-refractivity contribution < 1.29 is 14.1 Å². The molecule has 1 atom stereocenters. The lowest BCUT2D eigenvalue weighted by atomic mass is 10.0. The fourth-order valence-corrected chi connectivity index (χ4v) is 2.90. The van der Waals surface area contributed by atoms with Gasteiger partial charge in [-0.2, -0.15) is 4.98 Å². The second-order valence-corrected chi connectivity index (χ2v) is 7.51. The average Bonchev–Trinajstić information content (AvgIpc) is 3.37. The molecule has 2 aromatic rings. The lowest BCUT2D eigenvalue weighted by Crippen LogP contribution is -2.47. The summed E-state index contributed by atoms with van der Waals surface area (Å²) in [5.41, 5.74) is 1.45. The summed E-state index contributed by atoms with van der Waals surface area (Å²) in [4.78, 5) is 29.5. The van der Waals surface area contributed by atoms with E-state index in [1.165, 1.54) is 0 Å². The van der Waals surface area contributed by atoms with Crippen molar-refractivity contribution in [1.82, 2.24) is 20.8 Å². The van der Waals surface area contributed by atoms with Crippen LogP contribution >= 0.6 is 0 Å². The van der Waals surface area contributed by atoms with Crippen molar-refractivity contribution in [2.45, 2.75) is 58.5 Å². The third-order valence-corrected chi connectivity index (χ3v) is 4.56. The Balaban J connectivity index is 1.61. The minimum atomic E-state index is -0.622. The molecule has 0 spiro atoms. The van der Waals surface area contributed by atoms with Crippen LogP contribution in [0.4, 0.5) is 0 Å². The number of hydrogen-bond donors (Lipinski definition) is 2. The van der Waals surface area contributed by atoms with Gasteiger partial charge in [-0.1, -0.05) is 37.2 Å². The number of carbonyl (C=O) groups excluding carboxylic acids is 2. The summed E-state index contributed by atoms with van der Waals surface area (Å²) in [5, 5.41) is 9.60. The van der Waals surface area contributed by atoms with Gasteiger partial charge in [0.15, 0.2) is 5.82 Å². The van der Waals surface area contributed by atoms with Crippen LogP contribution in [0.15, 0.2) is 28.8 Å². The Bertz CT molecular complexity index is 811. The molecule has 1 saturated carbocycles. The average molecular weight is 370 g/mol. The summed E-state index contributed by atoms with van der Waals surface area (Å²) in [6.45, 7) is 6.06. The normalized spacial score (nSPS) is 14.8. The summed E-state index contributed by atoms with van der Waals surface area (Å²) in [7, 11) is 0. The van der Waals surface area contributed by atoms with Crippen LogP contribution in [0, 0.1) is 12.8 Å². The Morgan fingerprint density at radius 2 is 2.00 bits per heavy atom. The molecule has 1 aromatic heterocycles. The van der Waals surface area contributed by atoms with Crippen LogP contribution in [-0.2, 0) is 11.3 Å². The molecule has 144 valence electrons. The molecule has 1 heterocycles. The molecular weight excluding hydrogens is 344 g/mol. The number of nitrogens with zero attached hydrogens (tertiary/aromatic N) is 2. The molecule has 7 heteroatoms. The first-order chi connectivity index (χ1) is 12.9. The summed E-state index contributed by atoms with van der Waals surface area (Å²) < 4.78 is 5.18. The number of hydrogen-bond acceptors (Lipinski definition) is 5. The van der Waals surface area contributed by atoms with Gasteiger partial charge in [-0.15, -0.1) is 0 Å². The van der Waals surface area contributed by atoms with Gasteiger partial charge in [-0.05, 0) is 43.7 Å². The zero-order chi connectivity index (χ0) is 19.4. The largest absolute Gasteiger partial charge is 0.345 e. The maximum absolute atomic E-state index is 12.6. The van der Waals surface area contributed by atoms with Crippen molar-refractivity contribution in [1.29, 1.82) is 0 Å². The molecule has 1 aliphatic carbocycles. The highest BCUT2D eigenvalue weighted by molar-refractivity contribution is 5.98. The van der Waals surface area contributed by atoms with Gasteiger partial charge in [0.25, 0.3) is 5.91 Å². The Labute approximate surface area is 158 Å². The molecule has 0 bridgehead atoms. The molecular formula is C20H26N4O3. The molecule has 2 amide bonds. The maximum Gasteiger partial charge on any atom is 0.252 e. The molecule has 3 rings (SSSR count). The van der Waals surface area contributed by atoms with Gasteiger partial charge < -0.3 is 15.2 Å². The Morgan fingerprint density at radius 3 is 2.67 bits per heavy atom. The third-order valence-electron chi connectivity index (χ3n) is 4.56. The van der Waals surface area contributed by atoms with Crippen LogP contribution in [0.1, 0.15) is 66.7 Å². The molecule has 0 saturated heterocycles. The first-order valence-corrected chi connectivity index (χ1v) is 9.40. The first-order valence-electron chi connectivity index (χ1n) is 9.40. The molecule has 0 unspecified atom stereocenters. The predicted molar refractivity (Wildman–Crippen MR) is 100 cm³/mol. The molecule has 1 fully saturated rings. The topological polar surface area (TPSA) is 97.1 Å². The van der Waals surface area contributed by atoms with Crippen molar-refractivity contribution in [3.05, 3.63) is 47.1 Å². The number of benzene rings is 1. The molecule has 27 heavy (non-hydrogen) atoms. The monoisotopic (exact) mass is 370 g/mol. The fourth-order valence-electron chi connectivity index (χ4n) is 2.90. The third kappa shape index (κ3) is 5.15. The second-order valence-electron chi connectivity index (χ2n) is 7.51. The summed E-state index contributed by atoms with van der Waals surface area (Å²) in [6, 6.07) is 6.70. The van der Waals surface area contributed by atoms with Crippen LogP contribution in [0.3, 0.4) is 0 Å². The van der Waals surface area contributed by atoms with Crippen LogP contribution in [0.25, 0.3) is 0 Å². The van der Waals surface area contributed by atoms with Crippen molar-refractivity contribution in [2.75, 3.05) is 0 Å². The Hall–Kier alpha value is -2.70. The van der Waals surface area contributed by atoms with Gasteiger partial charge in [0, 0.05) is 11.5 Å². The van der Waals surface area contributed by atoms with E-state index in [0.717, 1.165) is 18.4 Å². The van der Waals surface area contributed by atoms with Gasteiger partial charge in [-0.25, -0.2) is 0 Å². The minimum absolute atomic E-state index is 0.160. The zero-order valence-electron chi connectivity index (χ0n) is 16.0. The highest BCUT2D eigenvalue weighted by Gasteiger charge is 2.29. The molecule has 7 nitrogen and oxygen atoms in total. The van der Waals surface area contributed by atoms with Gasteiger partial charge in [0.2, 0.25) is 11.8 Å². The van der Waals surface area contributed by atoms with Crippen LogP contribution in [0.5, 0.6) is 0 Å². The number of rotatable bonds is 8. The van der Waals surface area contributed by atoms with Crippen LogP contribution < -0.4 is 10.6 Å². The number of nitrogens with one attached hydrogen (secondary N) is 2. The zero-order valence-corrected chi connectivity index (χ0v) is 16.0. The molecule has 1 aromatic carbocycles. The van der Waals surface area contributed by atoms with E-state index in [4.69, 9.17) is 4.52 Å². The van der Waals surface area contributed by atoms with E-state index < -0.39 is 6.04 Å². The second kappa shape index (κ2) is 8.33. The van der Waals surface area contributed by atoms with E-state index in [1.807, 2.05) is 39.0 Å². The molecule has 2 N–H and O–H groups in total. The van der Waals surface area contributed by atoms with Crippen molar-refractivity contribution in [3.63, 3.8) is 0 Å². The van der Waals surface area contributed by atoms with E-state index in [-0.39, 0.29) is 24.3 Å². The number of aryl methyl sites for hydroxylation is 1. The minimum Gasteiger partial charge on any atom is -0.345 e. The van der Waals surface area contributed by atoms with Crippen molar-refractivity contribution >= 4 is 11.8 Å². The number of carbonyl (C=O) groups is 2. The van der Waals surface area contributed by atoms with E-state index in [0.29, 0.717) is 29.6 Å². The first kappa shape index (κ1) is 19.1. The van der Waals surface area contributed by atoms with Crippen LogP contribution in [0.2, 0.25) is 0 Å². The maximum atomic E-state index is 12.6. The lowest BCUT2D eigenvalue weighted by molar-refractivity contribution is -0.123. The van der Waals surface area contributed by atoms with E-state index in [1.54, 1.807) is 6.07 Å². The van der Waals surface area contributed by atoms with Crippen molar-refractivity contribution in [3.8, 4) is 0 Å². The Kier molecular flexibility index (Phi) is 5.88. The SMILES string of the molecule is Cc1ccccc1C(=O)N[C@@H](CC(C)C)C(=O)NCc1nc(C2CC2)no1. The lowest BCUT2D eigenvalue weighted by Gasteiger charge is -2.20. The van der Waals surface area contributed by atoms with E-state index in [9.17, 15) is 9.59 Å². The summed E-state index contributed by atoms with van der Waals surface area (Å²) in [6.07, 6.45) is 2.72. The summed E-state index contributed by atoms with van der Waals surface area (Å²) in [5.74, 6) is 1.26. The summed E-state index contributed by atoms with van der Waals surface area (Å²) >= 11 is 0. The quantitative estimate of drug-likeness (QED) is 0.745. The van der Waals surface area contributed by atoms with Crippen molar-refractivity contribution in [2.24, 2.45) is 5.92 Å². The molecule has 1 aliphatic rings. The van der Waals surface area contributed by atoms with Crippen LogP contribution in [-0.4, -0.2) is 28.0 Å². The van der Waals surface area contributed by atoms with Gasteiger partial charge in [0.1, 0.15) is 6.04 Å². The van der Waals surface area contributed by atoms with E-state index >= 15 is 0 Å². The molecule has 0 radical (unpaired) electrons. The standard InChI is InChI=1S/C20H26N4O3/c1-12(2)10-16(22-19(25)15-7-5-4-6-13(15)3)20(26)21-11-17-23-18(24-27-17)14-8-9-14/h4-7,12,14,16H,8-11H2,1-3H3,(H,21,26)(H,22,25)/t16-/m0/s1. The Morgan fingerprint density at radius 1 is 1.26 bits per heavy atom. The highest BCUT2D eigenvalue weighted by atomic mass is 16.5. The van der Waals surface area contributed by atoms with Gasteiger partial charge in [-0.3, -0.25) is 9.59 Å². The van der Waals surface area contributed by atoms with Gasteiger partial charge >= 0.3 is 0 Å². The van der Waals surface area contributed by atoms with E-state index in [2.05, 4.69) is 20.8 Å². The highest BCUT2D eigenvalue weighted by Crippen LogP contribution is 2.38. The predicted octanol–water partition coefficient (Wildman–Crippen LogP) is 2.72.